The van der Waals surface area contributed by atoms with Crippen molar-refractivity contribution in [1.82, 2.24) is 0 Å². The van der Waals surface area contributed by atoms with Crippen molar-refractivity contribution < 1.29 is 9.84 Å². The van der Waals surface area contributed by atoms with Gasteiger partial charge in [-0.3, -0.25) is 0 Å². The minimum Gasteiger partial charge on any atom is -0.492 e. The second kappa shape index (κ2) is 7.34. The Morgan fingerprint density at radius 1 is 1.32 bits per heavy atom. The molecular formula is C14H21Cl2NO2. The van der Waals surface area contributed by atoms with Crippen LogP contribution in [0.2, 0.25) is 10.0 Å². The SMILES string of the molecule is CCOc1c(Cl)cc(Cl)cc1C(C)CC(O)C(C)N. The van der Waals surface area contributed by atoms with Crippen LogP contribution in [-0.2, 0) is 0 Å². The standard InChI is InChI=1S/C14H21Cl2NO2/c1-4-19-14-11(6-10(15)7-12(14)16)8(2)5-13(18)9(3)17/h6-9,13,18H,4-5,17H2,1-3H3. The minimum absolute atomic E-state index is 0.0544. The average molecular weight is 306 g/mol. The highest BCUT2D eigenvalue weighted by atomic mass is 35.5. The largest absolute Gasteiger partial charge is 0.492 e. The van der Waals surface area contributed by atoms with E-state index >= 15 is 0 Å². The minimum atomic E-state index is -0.567. The van der Waals surface area contributed by atoms with Gasteiger partial charge in [-0.15, -0.1) is 0 Å². The van der Waals surface area contributed by atoms with Crippen LogP contribution in [0.5, 0.6) is 5.75 Å². The molecule has 0 spiro atoms. The average Bonchev–Trinajstić information content (AvgIpc) is 2.31. The van der Waals surface area contributed by atoms with Gasteiger partial charge in [-0.05, 0) is 38.3 Å². The van der Waals surface area contributed by atoms with Gasteiger partial charge in [0.25, 0.3) is 0 Å². The van der Waals surface area contributed by atoms with Gasteiger partial charge in [0.15, 0.2) is 0 Å². The van der Waals surface area contributed by atoms with E-state index in [4.69, 9.17) is 33.7 Å². The van der Waals surface area contributed by atoms with Crippen molar-refractivity contribution in [3.63, 3.8) is 0 Å². The summed E-state index contributed by atoms with van der Waals surface area (Å²) in [6.07, 6.45) is -0.0313. The Bertz CT molecular complexity index is 424. The van der Waals surface area contributed by atoms with Crippen LogP contribution in [0.1, 0.15) is 38.7 Å². The fourth-order valence-electron chi connectivity index (χ4n) is 1.95. The van der Waals surface area contributed by atoms with Gasteiger partial charge in [-0.25, -0.2) is 0 Å². The lowest BCUT2D eigenvalue weighted by Crippen LogP contribution is -2.32. The molecule has 0 aliphatic heterocycles. The first-order chi connectivity index (χ1) is 8.86. The first-order valence-corrected chi connectivity index (χ1v) is 7.17. The third-order valence-corrected chi connectivity index (χ3v) is 3.56. The van der Waals surface area contributed by atoms with Crippen LogP contribution in [0, 0.1) is 0 Å². The van der Waals surface area contributed by atoms with Gasteiger partial charge in [-0.2, -0.15) is 0 Å². The maximum Gasteiger partial charge on any atom is 0.141 e. The van der Waals surface area contributed by atoms with E-state index in [0.717, 1.165) is 5.56 Å². The van der Waals surface area contributed by atoms with Crippen molar-refractivity contribution in [3.05, 3.63) is 27.7 Å². The first kappa shape index (κ1) is 16.6. The Labute approximate surface area is 124 Å². The monoisotopic (exact) mass is 305 g/mol. The summed E-state index contributed by atoms with van der Waals surface area (Å²) < 4.78 is 5.58. The molecule has 0 aliphatic rings. The summed E-state index contributed by atoms with van der Waals surface area (Å²) in [5.41, 5.74) is 6.59. The molecule has 1 aromatic rings. The smallest absolute Gasteiger partial charge is 0.141 e. The summed E-state index contributed by atoms with van der Waals surface area (Å²) in [6, 6.07) is 3.22. The van der Waals surface area contributed by atoms with Crippen molar-refractivity contribution in [1.29, 1.82) is 0 Å². The zero-order valence-corrected chi connectivity index (χ0v) is 13.0. The molecule has 5 heteroatoms. The van der Waals surface area contributed by atoms with Crippen LogP contribution in [0.15, 0.2) is 12.1 Å². The molecule has 3 nitrogen and oxygen atoms in total. The maximum atomic E-state index is 9.89. The van der Waals surface area contributed by atoms with E-state index in [-0.39, 0.29) is 12.0 Å². The van der Waals surface area contributed by atoms with Crippen LogP contribution in [-0.4, -0.2) is 23.9 Å². The molecule has 19 heavy (non-hydrogen) atoms. The van der Waals surface area contributed by atoms with Crippen molar-refractivity contribution in [2.45, 2.75) is 45.3 Å². The van der Waals surface area contributed by atoms with Gasteiger partial charge >= 0.3 is 0 Å². The number of hydrogen-bond donors (Lipinski definition) is 2. The number of aliphatic hydroxyl groups is 1. The molecule has 1 aromatic carbocycles. The van der Waals surface area contributed by atoms with Crippen LogP contribution < -0.4 is 10.5 Å². The molecule has 3 N–H and O–H groups in total. The fraction of sp³-hybridized carbons (Fsp3) is 0.571. The Morgan fingerprint density at radius 3 is 2.47 bits per heavy atom. The second-order valence-corrected chi connectivity index (χ2v) is 5.65. The van der Waals surface area contributed by atoms with Crippen molar-refractivity contribution in [2.24, 2.45) is 5.73 Å². The molecule has 0 radical (unpaired) electrons. The quantitative estimate of drug-likeness (QED) is 0.844. The lowest BCUT2D eigenvalue weighted by atomic mass is 9.92. The summed E-state index contributed by atoms with van der Waals surface area (Å²) in [5.74, 6) is 0.691. The van der Waals surface area contributed by atoms with E-state index in [0.29, 0.717) is 28.8 Å². The molecule has 3 atom stereocenters. The topological polar surface area (TPSA) is 55.5 Å². The molecule has 3 unspecified atom stereocenters. The predicted molar refractivity (Wildman–Crippen MR) is 80.3 cm³/mol. The van der Waals surface area contributed by atoms with Crippen LogP contribution in [0.3, 0.4) is 0 Å². The molecule has 0 fully saturated rings. The molecule has 0 amide bonds. The summed E-state index contributed by atoms with van der Waals surface area (Å²) in [5, 5.41) is 10.9. The van der Waals surface area contributed by atoms with Gasteiger partial charge in [-0.1, -0.05) is 30.1 Å². The zero-order valence-electron chi connectivity index (χ0n) is 11.5. The van der Waals surface area contributed by atoms with Crippen molar-refractivity contribution in [2.75, 3.05) is 6.61 Å². The van der Waals surface area contributed by atoms with E-state index in [1.165, 1.54) is 0 Å². The normalized spacial score (nSPS) is 15.9. The lowest BCUT2D eigenvalue weighted by Gasteiger charge is -2.22. The molecule has 0 aliphatic carbocycles. The second-order valence-electron chi connectivity index (χ2n) is 4.80. The van der Waals surface area contributed by atoms with Crippen molar-refractivity contribution in [3.8, 4) is 5.75 Å². The van der Waals surface area contributed by atoms with Crippen LogP contribution in [0.25, 0.3) is 0 Å². The summed E-state index contributed by atoms with van der Waals surface area (Å²) >= 11 is 12.2. The number of halogens is 2. The number of benzene rings is 1. The Kier molecular flexibility index (Phi) is 6.40. The van der Waals surface area contributed by atoms with Gasteiger partial charge in [0.05, 0.1) is 17.7 Å². The molecule has 1 rings (SSSR count). The summed E-state index contributed by atoms with van der Waals surface area (Å²) in [7, 11) is 0. The summed E-state index contributed by atoms with van der Waals surface area (Å²) in [6.45, 7) is 6.20. The lowest BCUT2D eigenvalue weighted by molar-refractivity contribution is 0.134. The Balaban J connectivity index is 3.03. The summed E-state index contributed by atoms with van der Waals surface area (Å²) in [4.78, 5) is 0. The van der Waals surface area contributed by atoms with Gasteiger partial charge in [0, 0.05) is 16.6 Å². The highest BCUT2D eigenvalue weighted by Crippen LogP contribution is 2.38. The Hall–Kier alpha value is -0.480. The van der Waals surface area contributed by atoms with E-state index in [1.54, 1.807) is 13.0 Å². The first-order valence-electron chi connectivity index (χ1n) is 6.42. The molecular weight excluding hydrogens is 285 g/mol. The third-order valence-electron chi connectivity index (χ3n) is 3.06. The molecule has 0 saturated heterocycles. The van der Waals surface area contributed by atoms with Crippen LogP contribution >= 0.6 is 23.2 Å². The number of hydrogen-bond acceptors (Lipinski definition) is 3. The zero-order chi connectivity index (χ0) is 14.6. The van der Waals surface area contributed by atoms with E-state index in [2.05, 4.69) is 0 Å². The molecule has 0 aromatic heterocycles. The van der Waals surface area contributed by atoms with Gasteiger partial charge in [0.1, 0.15) is 5.75 Å². The number of nitrogens with two attached hydrogens (primary N) is 1. The Morgan fingerprint density at radius 2 is 1.95 bits per heavy atom. The van der Waals surface area contributed by atoms with E-state index in [9.17, 15) is 5.11 Å². The third kappa shape index (κ3) is 4.53. The molecule has 0 saturated carbocycles. The fourth-order valence-corrected chi connectivity index (χ4v) is 2.51. The van der Waals surface area contributed by atoms with E-state index in [1.807, 2.05) is 19.9 Å². The van der Waals surface area contributed by atoms with Gasteiger partial charge in [0.2, 0.25) is 0 Å². The number of aliphatic hydroxyl groups excluding tert-OH is 1. The predicted octanol–water partition coefficient (Wildman–Crippen LogP) is 3.59. The maximum absolute atomic E-state index is 9.89. The number of rotatable bonds is 6. The van der Waals surface area contributed by atoms with Crippen LogP contribution in [0.4, 0.5) is 0 Å². The van der Waals surface area contributed by atoms with E-state index < -0.39 is 6.10 Å². The highest BCUT2D eigenvalue weighted by molar-refractivity contribution is 6.35. The molecule has 0 bridgehead atoms. The van der Waals surface area contributed by atoms with Crippen molar-refractivity contribution >= 4 is 23.2 Å². The highest BCUT2D eigenvalue weighted by Gasteiger charge is 2.20. The molecule has 0 heterocycles. The van der Waals surface area contributed by atoms with Gasteiger partial charge < -0.3 is 15.6 Å². The molecule has 108 valence electrons. The number of ether oxygens (including phenoxy) is 1.